The van der Waals surface area contributed by atoms with Gasteiger partial charge in [-0.25, -0.2) is 0 Å². The van der Waals surface area contributed by atoms with E-state index in [1.165, 1.54) is 12.8 Å². The normalized spacial score (nSPS) is 20.9. The summed E-state index contributed by atoms with van der Waals surface area (Å²) in [6.07, 6.45) is 3.56. The molecule has 0 aromatic heterocycles. The zero-order chi connectivity index (χ0) is 13.1. The first-order valence-corrected chi connectivity index (χ1v) is 7.00. The Morgan fingerprint density at radius 3 is 2.67 bits per heavy atom. The molecule has 1 aromatic rings. The number of benzene rings is 1. The van der Waals surface area contributed by atoms with E-state index in [1.54, 1.807) is 12.1 Å². The molecule has 1 saturated heterocycles. The molecular formula is C13H18Cl2N2O. The molecule has 0 bridgehead atoms. The summed E-state index contributed by atoms with van der Waals surface area (Å²) in [5.41, 5.74) is 0.841. The molecule has 0 amide bonds. The fourth-order valence-electron chi connectivity index (χ4n) is 2.38. The highest BCUT2D eigenvalue weighted by Crippen LogP contribution is 2.34. The Labute approximate surface area is 117 Å². The van der Waals surface area contributed by atoms with Gasteiger partial charge in [0.25, 0.3) is 0 Å². The van der Waals surface area contributed by atoms with E-state index in [0.717, 1.165) is 18.7 Å². The van der Waals surface area contributed by atoms with E-state index in [4.69, 9.17) is 23.2 Å². The average molecular weight is 289 g/mol. The van der Waals surface area contributed by atoms with E-state index in [-0.39, 0.29) is 15.8 Å². The molecule has 3 N–H and O–H groups in total. The molecule has 5 heteroatoms. The first-order chi connectivity index (χ1) is 8.56. The Morgan fingerprint density at radius 1 is 1.44 bits per heavy atom. The van der Waals surface area contributed by atoms with Gasteiger partial charge in [-0.15, -0.1) is 0 Å². The predicted molar refractivity (Wildman–Crippen MR) is 76.9 cm³/mol. The van der Waals surface area contributed by atoms with Crippen molar-refractivity contribution < 1.29 is 5.11 Å². The van der Waals surface area contributed by atoms with Gasteiger partial charge in [-0.3, -0.25) is 0 Å². The van der Waals surface area contributed by atoms with Crippen LogP contribution in [0.5, 0.6) is 5.75 Å². The van der Waals surface area contributed by atoms with Crippen LogP contribution in [0.15, 0.2) is 12.1 Å². The lowest BCUT2D eigenvalue weighted by atomic mass is 10.1. The molecule has 1 aliphatic rings. The van der Waals surface area contributed by atoms with Gasteiger partial charge in [0.05, 0.1) is 10.0 Å². The van der Waals surface area contributed by atoms with Crippen LogP contribution in [-0.4, -0.2) is 23.7 Å². The van der Waals surface area contributed by atoms with Gasteiger partial charge in [0.1, 0.15) is 0 Å². The Bertz CT molecular complexity index is 396. The van der Waals surface area contributed by atoms with Crippen LogP contribution < -0.4 is 10.6 Å². The Hall–Kier alpha value is -0.640. The van der Waals surface area contributed by atoms with Gasteiger partial charge in [0.2, 0.25) is 0 Å². The molecule has 1 aromatic carbocycles. The fraction of sp³-hybridized carbons (Fsp3) is 0.538. The summed E-state index contributed by atoms with van der Waals surface area (Å²) >= 11 is 11.8. The predicted octanol–water partition coefficient (Wildman–Crippen LogP) is 3.64. The van der Waals surface area contributed by atoms with Gasteiger partial charge in [-0.1, -0.05) is 23.2 Å². The fourth-order valence-corrected chi connectivity index (χ4v) is 2.86. The van der Waals surface area contributed by atoms with Crippen LogP contribution in [0.1, 0.15) is 26.2 Å². The van der Waals surface area contributed by atoms with Gasteiger partial charge >= 0.3 is 0 Å². The van der Waals surface area contributed by atoms with Crippen molar-refractivity contribution in [2.45, 2.75) is 38.3 Å². The van der Waals surface area contributed by atoms with Crippen LogP contribution in [-0.2, 0) is 0 Å². The van der Waals surface area contributed by atoms with Crippen molar-refractivity contribution >= 4 is 28.9 Å². The molecule has 3 nitrogen and oxygen atoms in total. The lowest BCUT2D eigenvalue weighted by Crippen LogP contribution is -2.29. The van der Waals surface area contributed by atoms with E-state index < -0.39 is 0 Å². The smallest absolute Gasteiger partial charge is 0.152 e. The zero-order valence-corrected chi connectivity index (χ0v) is 11.9. The monoisotopic (exact) mass is 288 g/mol. The average Bonchev–Trinajstić information content (AvgIpc) is 2.78. The summed E-state index contributed by atoms with van der Waals surface area (Å²) < 4.78 is 0. The minimum atomic E-state index is -0.0611. The maximum atomic E-state index is 9.49. The number of nitrogens with one attached hydrogen (secondary N) is 2. The molecule has 0 spiro atoms. The van der Waals surface area contributed by atoms with Crippen LogP contribution in [0.3, 0.4) is 0 Å². The first kappa shape index (κ1) is 13.8. The second kappa shape index (κ2) is 6.00. The number of hydrogen-bond acceptors (Lipinski definition) is 3. The third-order valence-electron chi connectivity index (χ3n) is 3.23. The number of halogens is 2. The van der Waals surface area contributed by atoms with Crippen molar-refractivity contribution in [3.05, 3.63) is 22.2 Å². The van der Waals surface area contributed by atoms with E-state index in [2.05, 4.69) is 17.6 Å². The maximum absolute atomic E-state index is 9.49. The molecule has 2 unspecified atom stereocenters. The van der Waals surface area contributed by atoms with Crippen LogP contribution in [0, 0.1) is 0 Å². The summed E-state index contributed by atoms with van der Waals surface area (Å²) in [5, 5.41) is 16.9. The standard InChI is InChI=1S/C13H18Cl2N2O/c1-8(5-9-3-2-4-16-9)17-10-6-11(14)13(18)12(15)7-10/h6-9,16-18H,2-5H2,1H3. The highest BCUT2D eigenvalue weighted by Gasteiger charge is 2.17. The number of aromatic hydroxyl groups is 1. The summed E-state index contributed by atoms with van der Waals surface area (Å²) in [6.45, 7) is 3.25. The molecule has 1 aliphatic heterocycles. The molecule has 0 aliphatic carbocycles. The van der Waals surface area contributed by atoms with Gasteiger partial charge in [0, 0.05) is 17.8 Å². The molecule has 2 atom stereocenters. The topological polar surface area (TPSA) is 44.3 Å². The number of anilines is 1. The highest BCUT2D eigenvalue weighted by molar-refractivity contribution is 6.37. The van der Waals surface area contributed by atoms with E-state index in [0.29, 0.717) is 12.1 Å². The third-order valence-corrected chi connectivity index (χ3v) is 3.81. The molecule has 0 radical (unpaired) electrons. The number of phenols is 1. The minimum Gasteiger partial charge on any atom is -0.505 e. The van der Waals surface area contributed by atoms with Crippen molar-refractivity contribution in [2.75, 3.05) is 11.9 Å². The van der Waals surface area contributed by atoms with Gasteiger partial charge in [-0.05, 0) is 44.9 Å². The second-order valence-electron chi connectivity index (χ2n) is 4.86. The molecule has 2 rings (SSSR count). The zero-order valence-electron chi connectivity index (χ0n) is 10.3. The molecule has 0 saturated carbocycles. The Morgan fingerprint density at radius 2 is 2.11 bits per heavy atom. The third kappa shape index (κ3) is 3.44. The van der Waals surface area contributed by atoms with Gasteiger partial charge in [-0.2, -0.15) is 0 Å². The van der Waals surface area contributed by atoms with Crippen molar-refractivity contribution in [3.63, 3.8) is 0 Å². The van der Waals surface area contributed by atoms with Gasteiger partial charge < -0.3 is 15.7 Å². The highest BCUT2D eigenvalue weighted by atomic mass is 35.5. The quantitative estimate of drug-likeness (QED) is 0.741. The molecule has 1 heterocycles. The molecule has 18 heavy (non-hydrogen) atoms. The number of hydrogen-bond donors (Lipinski definition) is 3. The van der Waals surface area contributed by atoms with Crippen molar-refractivity contribution in [1.82, 2.24) is 5.32 Å². The molecule has 1 fully saturated rings. The summed E-state index contributed by atoms with van der Waals surface area (Å²) in [7, 11) is 0. The van der Waals surface area contributed by atoms with E-state index in [1.807, 2.05) is 0 Å². The lowest BCUT2D eigenvalue weighted by Gasteiger charge is -2.19. The Kier molecular flexibility index (Phi) is 4.60. The number of phenolic OH excluding ortho intramolecular Hbond substituents is 1. The largest absolute Gasteiger partial charge is 0.505 e. The SMILES string of the molecule is CC(CC1CCCN1)Nc1cc(Cl)c(O)c(Cl)c1. The molecular weight excluding hydrogens is 271 g/mol. The maximum Gasteiger partial charge on any atom is 0.152 e. The van der Waals surface area contributed by atoms with Crippen molar-refractivity contribution in [3.8, 4) is 5.75 Å². The second-order valence-corrected chi connectivity index (χ2v) is 5.68. The summed E-state index contributed by atoms with van der Waals surface area (Å²) in [4.78, 5) is 0. The van der Waals surface area contributed by atoms with Crippen LogP contribution in [0.25, 0.3) is 0 Å². The van der Waals surface area contributed by atoms with Crippen LogP contribution in [0.2, 0.25) is 10.0 Å². The van der Waals surface area contributed by atoms with Crippen molar-refractivity contribution in [2.24, 2.45) is 0 Å². The minimum absolute atomic E-state index is 0.0611. The number of rotatable bonds is 4. The van der Waals surface area contributed by atoms with E-state index >= 15 is 0 Å². The van der Waals surface area contributed by atoms with E-state index in [9.17, 15) is 5.11 Å². The van der Waals surface area contributed by atoms with Crippen molar-refractivity contribution in [1.29, 1.82) is 0 Å². The lowest BCUT2D eigenvalue weighted by molar-refractivity contribution is 0.476. The summed E-state index contributed by atoms with van der Waals surface area (Å²) in [5.74, 6) is -0.0611. The summed E-state index contributed by atoms with van der Waals surface area (Å²) in [6, 6.07) is 4.32. The van der Waals surface area contributed by atoms with Crippen LogP contribution in [0.4, 0.5) is 5.69 Å². The first-order valence-electron chi connectivity index (χ1n) is 6.24. The van der Waals surface area contributed by atoms with Gasteiger partial charge in [0.15, 0.2) is 5.75 Å². The van der Waals surface area contributed by atoms with Crippen LogP contribution >= 0.6 is 23.2 Å². The Balaban J connectivity index is 1.95. The molecule has 100 valence electrons.